The van der Waals surface area contributed by atoms with Gasteiger partial charge >= 0.3 is 6.09 Å². The Hall–Kier alpha value is -5.63. The average molecular weight is 990 g/mol. The zero-order valence-electron chi connectivity index (χ0n) is 42.9. The fourth-order valence-electron chi connectivity index (χ4n) is 9.68. The molecule has 0 aliphatic carbocycles. The van der Waals surface area contributed by atoms with Gasteiger partial charge in [0, 0.05) is 5.56 Å². The first-order chi connectivity index (χ1) is 33.3. The van der Waals surface area contributed by atoms with Crippen LogP contribution < -0.4 is 19.2 Å². The molecule has 0 saturated carbocycles. The van der Waals surface area contributed by atoms with Crippen LogP contribution in [0.3, 0.4) is 0 Å². The molecule has 0 unspecified atom stereocenters. The quantitative estimate of drug-likeness (QED) is 0.0585. The minimum Gasteiger partial charge on any atom is -0.542 e. The summed E-state index contributed by atoms with van der Waals surface area (Å²) in [5.74, 6) is 2.27. The van der Waals surface area contributed by atoms with Crippen molar-refractivity contribution in [3.8, 4) is 17.2 Å². The van der Waals surface area contributed by atoms with Gasteiger partial charge < -0.3 is 37.6 Å². The molecule has 0 spiro atoms. The number of nitrogens with one attached hydrogen (secondary N) is 1. The van der Waals surface area contributed by atoms with Crippen LogP contribution in [0, 0.1) is 0 Å². The Morgan fingerprint density at radius 3 is 1.89 bits per heavy atom. The summed E-state index contributed by atoms with van der Waals surface area (Å²) in [6.45, 7) is 24.1. The molecule has 2 N–H and O–H groups in total. The first-order valence-corrected chi connectivity index (χ1v) is 29.2. The van der Waals surface area contributed by atoms with E-state index in [9.17, 15) is 9.90 Å². The van der Waals surface area contributed by atoms with Crippen molar-refractivity contribution in [1.82, 2.24) is 19.5 Å². The molecule has 0 radical (unpaired) electrons. The summed E-state index contributed by atoms with van der Waals surface area (Å²) >= 11 is 0. The predicted molar refractivity (Wildman–Crippen MR) is 277 cm³/mol. The van der Waals surface area contributed by atoms with Crippen LogP contribution in [0.1, 0.15) is 90.8 Å². The lowest BCUT2D eigenvalue weighted by Crippen LogP contribution is -2.50. The highest BCUT2D eigenvalue weighted by molar-refractivity contribution is 6.78. The summed E-state index contributed by atoms with van der Waals surface area (Å²) < 4.78 is 46.9. The van der Waals surface area contributed by atoms with Gasteiger partial charge in [0.15, 0.2) is 31.5 Å². The third kappa shape index (κ3) is 10.4. The summed E-state index contributed by atoms with van der Waals surface area (Å²) in [5, 5.41) is 15.1. The zero-order chi connectivity index (χ0) is 50.6. The molecule has 374 valence electrons. The van der Waals surface area contributed by atoms with Crippen molar-refractivity contribution in [2.24, 2.45) is 0 Å². The van der Waals surface area contributed by atoms with Gasteiger partial charge in [0.2, 0.25) is 0 Å². The number of aliphatic hydroxyl groups excluding tert-OH is 1. The molecule has 3 heterocycles. The first kappa shape index (κ1) is 52.2. The lowest BCUT2D eigenvalue weighted by Gasteiger charge is -2.42. The fourth-order valence-corrected chi connectivity index (χ4v) is 16.3. The standard InChI is InChI=1S/C54H71N5O9Si2/c1-35(2)70(36(3)4,37(5)6)67-44-22-18-17-19-38(44)31-64-52(61)58-49-46-50(56-33-55-49)59(34-57-46)51-48(68-69(12,13)53(7,8)9)47(60)45(66-51)32-65-54(39-20-15-14-16-21-39,40-23-27-42(62-10)28-24-40)41-25-29-43(63-11)30-26-41/h14-30,33-37,45,47-48,51,60H,31-32H2,1-13H3,(H,55,56,58,61)/t45-,47-,48-,51-/m1/s1. The number of hydrogen-bond donors (Lipinski definition) is 2. The van der Waals surface area contributed by atoms with Crippen molar-refractivity contribution in [3.05, 3.63) is 138 Å². The molecule has 7 rings (SSSR count). The fraction of sp³-hybridized carbons (Fsp3) is 0.444. The summed E-state index contributed by atoms with van der Waals surface area (Å²) in [5.41, 5.74) is 3.90. The number of carbonyl (C=O) groups is 1. The highest BCUT2D eigenvalue weighted by Crippen LogP contribution is 2.47. The molecule has 1 aliphatic heterocycles. The topological polar surface area (TPSA) is 158 Å². The number of hydrogen-bond acceptors (Lipinski definition) is 12. The monoisotopic (exact) mass is 989 g/mol. The molecule has 1 saturated heterocycles. The largest absolute Gasteiger partial charge is 0.542 e. The van der Waals surface area contributed by atoms with Crippen molar-refractivity contribution >= 4 is 39.7 Å². The van der Waals surface area contributed by atoms with E-state index in [0.29, 0.717) is 39.3 Å². The van der Waals surface area contributed by atoms with Crippen LogP contribution in [-0.4, -0.2) is 86.5 Å². The van der Waals surface area contributed by atoms with Gasteiger partial charge in [-0.05, 0) is 81.8 Å². The van der Waals surface area contributed by atoms with E-state index in [4.69, 9.17) is 37.5 Å². The molecule has 16 heteroatoms. The van der Waals surface area contributed by atoms with Crippen LogP contribution in [0.15, 0.2) is 116 Å². The van der Waals surface area contributed by atoms with E-state index in [-0.39, 0.29) is 24.1 Å². The molecular weight excluding hydrogens is 919 g/mol. The molecule has 4 aromatic carbocycles. The average Bonchev–Trinajstić information content (AvgIpc) is 3.90. The van der Waals surface area contributed by atoms with Crippen molar-refractivity contribution in [3.63, 3.8) is 0 Å². The number of amides is 1. The molecule has 1 amide bonds. The maximum atomic E-state index is 13.6. The number of aliphatic hydroxyl groups is 1. The van der Waals surface area contributed by atoms with E-state index >= 15 is 0 Å². The molecular formula is C54H71N5O9Si2. The number of fused-ring (bicyclic) bond motifs is 1. The van der Waals surface area contributed by atoms with Crippen molar-refractivity contribution in [2.75, 3.05) is 26.1 Å². The highest BCUT2D eigenvalue weighted by Gasteiger charge is 2.52. The van der Waals surface area contributed by atoms with Crippen LogP contribution in [0.5, 0.6) is 17.2 Å². The van der Waals surface area contributed by atoms with E-state index in [1.165, 1.54) is 6.33 Å². The second-order valence-corrected chi connectivity index (χ2v) is 30.6. The summed E-state index contributed by atoms with van der Waals surface area (Å²) in [7, 11) is -1.57. The Labute approximate surface area is 415 Å². The van der Waals surface area contributed by atoms with Gasteiger partial charge in [-0.2, -0.15) is 0 Å². The Morgan fingerprint density at radius 1 is 0.771 bits per heavy atom. The number of carbonyl (C=O) groups excluding carboxylic acids is 1. The number of methoxy groups -OCH3 is 2. The number of imidazole rings is 1. The van der Waals surface area contributed by atoms with Gasteiger partial charge in [0.05, 0.1) is 27.2 Å². The Kier molecular flexibility index (Phi) is 15.9. The van der Waals surface area contributed by atoms with Crippen LogP contribution in [0.2, 0.25) is 34.8 Å². The van der Waals surface area contributed by atoms with E-state index < -0.39 is 52.9 Å². The third-order valence-corrected chi connectivity index (χ3v) is 24.8. The van der Waals surface area contributed by atoms with Crippen LogP contribution in [-0.2, 0) is 30.8 Å². The lowest BCUT2D eigenvalue weighted by atomic mass is 9.80. The number of anilines is 1. The number of ether oxygens (including phenoxy) is 5. The molecule has 70 heavy (non-hydrogen) atoms. The SMILES string of the molecule is COc1ccc(C(OC[C@H]2O[C@@H](n3cnc4c(NC(=O)OCc5ccccc5O[Si](C(C)C)(C(C)C)C(C)C)ncnc43)[C@H](O[Si](C)(C)C(C)(C)C)[C@@H]2O)(c2ccccc2)c2ccc(OC)cc2)cc1. The molecule has 14 nitrogen and oxygen atoms in total. The zero-order valence-corrected chi connectivity index (χ0v) is 44.9. The molecule has 4 atom stereocenters. The minimum atomic E-state index is -2.55. The van der Waals surface area contributed by atoms with Crippen LogP contribution >= 0.6 is 0 Å². The lowest BCUT2D eigenvalue weighted by molar-refractivity contribution is -0.0940. The number of para-hydroxylation sites is 1. The van der Waals surface area contributed by atoms with Gasteiger partial charge in [-0.25, -0.2) is 19.7 Å². The van der Waals surface area contributed by atoms with Crippen LogP contribution in [0.25, 0.3) is 11.2 Å². The third-order valence-electron chi connectivity index (χ3n) is 14.4. The Morgan fingerprint density at radius 2 is 1.33 bits per heavy atom. The first-order valence-electron chi connectivity index (χ1n) is 24.2. The summed E-state index contributed by atoms with van der Waals surface area (Å²) in [4.78, 5) is 27.3. The molecule has 6 aromatic rings. The highest BCUT2D eigenvalue weighted by atomic mass is 28.4. The summed E-state index contributed by atoms with van der Waals surface area (Å²) in [6.07, 6.45) is -1.59. The number of benzene rings is 4. The number of nitrogens with zero attached hydrogens (tertiary/aromatic N) is 4. The maximum absolute atomic E-state index is 13.6. The summed E-state index contributed by atoms with van der Waals surface area (Å²) in [6, 6.07) is 33.3. The molecule has 2 aromatic heterocycles. The van der Waals surface area contributed by atoms with E-state index in [0.717, 1.165) is 28.0 Å². The van der Waals surface area contributed by atoms with E-state index in [1.54, 1.807) is 25.1 Å². The van der Waals surface area contributed by atoms with Gasteiger partial charge in [-0.15, -0.1) is 0 Å². The maximum Gasteiger partial charge on any atom is 0.413 e. The van der Waals surface area contributed by atoms with Gasteiger partial charge in [0.25, 0.3) is 8.32 Å². The minimum absolute atomic E-state index is 0.0182. The van der Waals surface area contributed by atoms with E-state index in [1.807, 2.05) is 103 Å². The van der Waals surface area contributed by atoms with Crippen molar-refractivity contribution in [2.45, 2.75) is 134 Å². The molecule has 1 fully saturated rings. The van der Waals surface area contributed by atoms with Gasteiger partial charge in [-0.1, -0.05) is 135 Å². The van der Waals surface area contributed by atoms with Crippen LogP contribution in [0.4, 0.5) is 10.6 Å². The number of aromatic nitrogens is 4. The van der Waals surface area contributed by atoms with Gasteiger partial charge in [-0.3, -0.25) is 9.88 Å². The Bertz CT molecular complexity index is 2600. The molecule has 0 bridgehead atoms. The number of rotatable bonds is 19. The molecule has 1 aliphatic rings. The smallest absolute Gasteiger partial charge is 0.413 e. The van der Waals surface area contributed by atoms with Crippen molar-refractivity contribution < 1.29 is 42.4 Å². The van der Waals surface area contributed by atoms with Gasteiger partial charge in [0.1, 0.15) is 54.1 Å². The second kappa shape index (κ2) is 21.4. The normalized spacial score (nSPS) is 17.9. The van der Waals surface area contributed by atoms with Crippen molar-refractivity contribution in [1.29, 1.82) is 0 Å². The predicted octanol–water partition coefficient (Wildman–Crippen LogP) is 11.8. The Balaban J connectivity index is 1.19. The second-order valence-electron chi connectivity index (χ2n) is 20.5. The van der Waals surface area contributed by atoms with E-state index in [2.05, 4.69) is 90.7 Å².